The maximum absolute atomic E-state index is 11.8. The highest BCUT2D eigenvalue weighted by atomic mass is 35.5. The standard InChI is InChI=1S/C13H20N4O2S.2ClH/c1-8(2)12(19)17-13-16-10(7-20-13)5-11(18)15-9-3-4-14-6-9;;/h7-9,14H,3-6H2,1-2H3,(H,15,18)(H,16,17,19);2*1H. The van der Waals surface area contributed by atoms with Gasteiger partial charge in [0, 0.05) is 23.9 Å². The van der Waals surface area contributed by atoms with Gasteiger partial charge in [-0.05, 0) is 13.0 Å². The molecule has 3 N–H and O–H groups in total. The van der Waals surface area contributed by atoms with Crippen molar-refractivity contribution in [2.24, 2.45) is 5.92 Å². The normalized spacial score (nSPS) is 16.6. The largest absolute Gasteiger partial charge is 0.352 e. The minimum atomic E-state index is -0.0829. The fourth-order valence-electron chi connectivity index (χ4n) is 1.92. The zero-order valence-corrected chi connectivity index (χ0v) is 15.0. The highest BCUT2D eigenvalue weighted by Gasteiger charge is 2.17. The molecular formula is C13H22Cl2N4O2S. The summed E-state index contributed by atoms with van der Waals surface area (Å²) < 4.78 is 0. The molecule has 1 unspecified atom stereocenters. The molecule has 1 aromatic heterocycles. The number of rotatable bonds is 5. The molecule has 0 saturated carbocycles. The highest BCUT2D eigenvalue weighted by molar-refractivity contribution is 7.13. The van der Waals surface area contributed by atoms with Crippen LogP contribution in [-0.2, 0) is 16.0 Å². The Morgan fingerprint density at radius 3 is 2.77 bits per heavy atom. The molecule has 6 nitrogen and oxygen atoms in total. The van der Waals surface area contributed by atoms with Crippen LogP contribution in [0.2, 0.25) is 0 Å². The van der Waals surface area contributed by atoms with E-state index in [-0.39, 0.29) is 55.0 Å². The van der Waals surface area contributed by atoms with E-state index in [4.69, 9.17) is 0 Å². The van der Waals surface area contributed by atoms with E-state index in [1.165, 1.54) is 11.3 Å². The molecule has 0 bridgehead atoms. The van der Waals surface area contributed by atoms with Crippen LogP contribution in [-0.4, -0.2) is 35.9 Å². The number of hydrogen-bond donors (Lipinski definition) is 3. The molecule has 22 heavy (non-hydrogen) atoms. The summed E-state index contributed by atoms with van der Waals surface area (Å²) in [5.41, 5.74) is 0.692. The number of anilines is 1. The van der Waals surface area contributed by atoms with Crippen molar-refractivity contribution in [3.05, 3.63) is 11.1 Å². The molecule has 1 aromatic rings. The SMILES string of the molecule is CC(C)C(=O)Nc1nc(CC(=O)NC2CCNC2)cs1.Cl.Cl. The predicted molar refractivity (Wildman–Crippen MR) is 93.2 cm³/mol. The Morgan fingerprint density at radius 2 is 2.18 bits per heavy atom. The molecule has 1 fully saturated rings. The average molecular weight is 369 g/mol. The second-order valence-corrected chi connectivity index (χ2v) is 6.08. The third-order valence-electron chi connectivity index (χ3n) is 3.07. The van der Waals surface area contributed by atoms with Gasteiger partial charge >= 0.3 is 0 Å². The lowest BCUT2D eigenvalue weighted by atomic mass is 10.2. The zero-order valence-electron chi connectivity index (χ0n) is 12.5. The molecule has 2 heterocycles. The molecule has 0 spiro atoms. The van der Waals surface area contributed by atoms with Crippen LogP contribution >= 0.6 is 36.2 Å². The molecule has 2 amide bonds. The molecule has 0 radical (unpaired) electrons. The van der Waals surface area contributed by atoms with E-state index in [0.717, 1.165) is 19.5 Å². The second kappa shape index (κ2) is 9.99. The van der Waals surface area contributed by atoms with Crippen molar-refractivity contribution in [1.29, 1.82) is 0 Å². The molecule has 9 heteroatoms. The molecule has 2 rings (SSSR count). The number of aromatic nitrogens is 1. The van der Waals surface area contributed by atoms with Crippen molar-refractivity contribution < 1.29 is 9.59 Å². The van der Waals surface area contributed by atoms with Crippen LogP contribution in [0, 0.1) is 5.92 Å². The summed E-state index contributed by atoms with van der Waals surface area (Å²) in [5, 5.41) is 11.3. The number of amides is 2. The van der Waals surface area contributed by atoms with Gasteiger partial charge in [-0.25, -0.2) is 4.98 Å². The highest BCUT2D eigenvalue weighted by Crippen LogP contribution is 2.16. The van der Waals surface area contributed by atoms with Crippen molar-refractivity contribution in [3.63, 3.8) is 0 Å². The zero-order chi connectivity index (χ0) is 14.5. The Bertz CT molecular complexity index is 490. The van der Waals surface area contributed by atoms with Gasteiger partial charge in [0.2, 0.25) is 11.8 Å². The molecule has 1 atom stereocenters. The van der Waals surface area contributed by atoms with E-state index in [9.17, 15) is 9.59 Å². The van der Waals surface area contributed by atoms with Gasteiger partial charge in [-0.1, -0.05) is 13.8 Å². The number of thiazole rings is 1. The molecule has 0 aliphatic carbocycles. The Morgan fingerprint density at radius 1 is 1.45 bits per heavy atom. The molecule has 1 aliphatic heterocycles. The fourth-order valence-corrected chi connectivity index (χ4v) is 2.63. The first-order chi connectivity index (χ1) is 9.54. The van der Waals surface area contributed by atoms with Crippen molar-refractivity contribution in [1.82, 2.24) is 15.6 Å². The summed E-state index contributed by atoms with van der Waals surface area (Å²) in [6.45, 7) is 5.44. The minimum Gasteiger partial charge on any atom is -0.352 e. The van der Waals surface area contributed by atoms with Gasteiger partial charge in [-0.3, -0.25) is 9.59 Å². The van der Waals surface area contributed by atoms with Crippen molar-refractivity contribution in [2.45, 2.75) is 32.7 Å². The van der Waals surface area contributed by atoms with Crippen LogP contribution in [0.1, 0.15) is 26.0 Å². The third-order valence-corrected chi connectivity index (χ3v) is 3.88. The van der Waals surface area contributed by atoms with E-state index >= 15 is 0 Å². The van der Waals surface area contributed by atoms with Crippen LogP contribution < -0.4 is 16.0 Å². The van der Waals surface area contributed by atoms with Gasteiger partial charge in [0.05, 0.1) is 12.1 Å². The lowest BCUT2D eigenvalue weighted by Crippen LogP contribution is -2.37. The van der Waals surface area contributed by atoms with Gasteiger partial charge in [-0.15, -0.1) is 36.2 Å². The maximum Gasteiger partial charge on any atom is 0.228 e. The Kier molecular flexibility index (Phi) is 9.59. The van der Waals surface area contributed by atoms with Crippen LogP contribution in [0.15, 0.2) is 5.38 Å². The van der Waals surface area contributed by atoms with Gasteiger partial charge in [0.1, 0.15) is 0 Å². The Balaban J connectivity index is 0.00000220. The molecule has 1 saturated heterocycles. The van der Waals surface area contributed by atoms with Crippen molar-refractivity contribution in [3.8, 4) is 0 Å². The van der Waals surface area contributed by atoms with Crippen molar-refractivity contribution >= 4 is 53.1 Å². The van der Waals surface area contributed by atoms with Crippen LogP contribution in [0.4, 0.5) is 5.13 Å². The van der Waals surface area contributed by atoms with Gasteiger partial charge in [-0.2, -0.15) is 0 Å². The topological polar surface area (TPSA) is 83.1 Å². The van der Waals surface area contributed by atoms with E-state index in [0.29, 0.717) is 10.8 Å². The van der Waals surface area contributed by atoms with E-state index in [2.05, 4.69) is 20.9 Å². The van der Waals surface area contributed by atoms with E-state index < -0.39 is 0 Å². The monoisotopic (exact) mass is 368 g/mol. The molecule has 1 aliphatic rings. The van der Waals surface area contributed by atoms with Gasteiger partial charge in [0.25, 0.3) is 0 Å². The Hall–Kier alpha value is -0.890. The van der Waals surface area contributed by atoms with E-state index in [1.54, 1.807) is 0 Å². The first-order valence-corrected chi connectivity index (χ1v) is 7.68. The second-order valence-electron chi connectivity index (χ2n) is 5.22. The fraction of sp³-hybridized carbons (Fsp3) is 0.615. The number of carbonyl (C=O) groups excluding carboxylic acids is 2. The lowest BCUT2D eigenvalue weighted by Gasteiger charge is -2.10. The molecule has 126 valence electrons. The summed E-state index contributed by atoms with van der Waals surface area (Å²) in [6.07, 6.45) is 1.23. The summed E-state index contributed by atoms with van der Waals surface area (Å²) in [4.78, 5) is 27.6. The molecule has 0 aromatic carbocycles. The summed E-state index contributed by atoms with van der Waals surface area (Å²) >= 11 is 1.34. The van der Waals surface area contributed by atoms with E-state index in [1.807, 2.05) is 19.2 Å². The smallest absolute Gasteiger partial charge is 0.228 e. The van der Waals surface area contributed by atoms with Gasteiger partial charge < -0.3 is 16.0 Å². The Labute approximate surface area is 146 Å². The third kappa shape index (κ3) is 6.48. The first kappa shape index (κ1) is 21.1. The summed E-state index contributed by atoms with van der Waals surface area (Å²) in [7, 11) is 0. The van der Waals surface area contributed by atoms with Crippen molar-refractivity contribution in [2.75, 3.05) is 18.4 Å². The lowest BCUT2D eigenvalue weighted by molar-refractivity contribution is -0.121. The summed E-state index contributed by atoms with van der Waals surface area (Å²) in [6, 6.07) is 0.223. The number of halogens is 2. The number of nitrogens with zero attached hydrogens (tertiary/aromatic N) is 1. The number of nitrogens with one attached hydrogen (secondary N) is 3. The quantitative estimate of drug-likeness (QED) is 0.736. The number of carbonyl (C=O) groups is 2. The van der Waals surface area contributed by atoms with Crippen LogP contribution in [0.3, 0.4) is 0 Å². The van der Waals surface area contributed by atoms with Crippen LogP contribution in [0.5, 0.6) is 0 Å². The summed E-state index contributed by atoms with van der Waals surface area (Å²) in [5.74, 6) is -0.168. The number of hydrogen-bond acceptors (Lipinski definition) is 5. The average Bonchev–Trinajstić information content (AvgIpc) is 3.01. The maximum atomic E-state index is 11.8. The molecular weight excluding hydrogens is 347 g/mol. The van der Waals surface area contributed by atoms with Crippen LogP contribution in [0.25, 0.3) is 0 Å². The predicted octanol–water partition coefficient (Wildman–Crippen LogP) is 1.60. The first-order valence-electron chi connectivity index (χ1n) is 6.80. The van der Waals surface area contributed by atoms with Gasteiger partial charge in [0.15, 0.2) is 5.13 Å². The minimum absolute atomic E-state index is 0.